The lowest BCUT2D eigenvalue weighted by molar-refractivity contribution is -0.166. The first-order valence-electron chi connectivity index (χ1n) is 8.67. The lowest BCUT2D eigenvalue weighted by Crippen LogP contribution is -2.28. The van der Waals surface area contributed by atoms with Crippen LogP contribution in [0.25, 0.3) is 17.4 Å². The molecule has 0 unspecified atom stereocenters. The van der Waals surface area contributed by atoms with Gasteiger partial charge in [0.25, 0.3) is 5.78 Å². The number of rotatable bonds is 5. The fourth-order valence-electron chi connectivity index (χ4n) is 2.71. The zero-order valence-corrected chi connectivity index (χ0v) is 15.4. The fourth-order valence-corrected chi connectivity index (χ4v) is 2.71. The number of ketones is 2. The molecule has 0 aliphatic heterocycles. The van der Waals surface area contributed by atoms with Crippen molar-refractivity contribution in [3.05, 3.63) is 89.2 Å². The summed E-state index contributed by atoms with van der Waals surface area (Å²) in [5, 5.41) is 0. The number of furan rings is 1. The first kappa shape index (κ1) is 22.1. The van der Waals surface area contributed by atoms with Crippen molar-refractivity contribution < 1.29 is 40.3 Å². The molecule has 0 atom stereocenters. The van der Waals surface area contributed by atoms with Crippen LogP contribution >= 0.6 is 0 Å². The number of allylic oxidation sites excluding steroid dienone is 1. The Kier molecular flexibility index (Phi) is 5.88. The third-order valence-electron chi connectivity index (χ3n) is 4.17. The molecule has 0 radical (unpaired) electrons. The molecule has 0 amide bonds. The van der Waals surface area contributed by atoms with Gasteiger partial charge in [-0.2, -0.15) is 26.3 Å². The van der Waals surface area contributed by atoms with Crippen LogP contribution in [-0.4, -0.2) is 17.7 Å². The van der Waals surface area contributed by atoms with Gasteiger partial charge in [0.1, 0.15) is 11.5 Å². The van der Waals surface area contributed by atoms with E-state index in [1.165, 1.54) is 36.4 Å². The molecule has 2 aromatic carbocycles. The quantitative estimate of drug-likeness (QED) is 0.153. The Morgan fingerprint density at radius 3 is 2.10 bits per heavy atom. The molecular weight excluding hydrogens is 426 g/mol. The van der Waals surface area contributed by atoms with E-state index in [-0.39, 0.29) is 22.6 Å². The third-order valence-corrected chi connectivity index (χ3v) is 4.17. The minimum atomic E-state index is -5.31. The van der Waals surface area contributed by atoms with E-state index in [1.54, 1.807) is 6.07 Å². The Labute approximate surface area is 171 Å². The summed E-state index contributed by atoms with van der Waals surface area (Å²) in [7, 11) is 0. The van der Waals surface area contributed by atoms with Crippen LogP contribution in [0.3, 0.4) is 0 Å². The van der Waals surface area contributed by atoms with E-state index in [0.29, 0.717) is 6.08 Å². The minimum Gasteiger partial charge on any atom is -0.457 e. The average Bonchev–Trinajstić information content (AvgIpc) is 3.19. The van der Waals surface area contributed by atoms with Crippen molar-refractivity contribution in [1.29, 1.82) is 0 Å². The highest BCUT2D eigenvalue weighted by atomic mass is 19.4. The molecule has 0 bridgehead atoms. The summed E-state index contributed by atoms with van der Waals surface area (Å²) in [5.41, 5.74) is -2.24. The van der Waals surface area contributed by atoms with Gasteiger partial charge in [-0.3, -0.25) is 9.59 Å². The number of carbonyl (C=O) groups excluding carboxylic acids is 2. The number of halogens is 6. The summed E-state index contributed by atoms with van der Waals surface area (Å²) >= 11 is 0. The Morgan fingerprint density at radius 2 is 1.48 bits per heavy atom. The Morgan fingerprint density at radius 1 is 0.806 bits per heavy atom. The van der Waals surface area contributed by atoms with Crippen molar-refractivity contribution in [3.63, 3.8) is 0 Å². The number of Topliss-reactive ketones (excluding diaryl/α,β-unsaturated/α-hetero) is 2. The summed E-state index contributed by atoms with van der Waals surface area (Å²) in [6, 6.07) is 13.4. The molecule has 3 aromatic rings. The van der Waals surface area contributed by atoms with Crippen molar-refractivity contribution in [2.75, 3.05) is 0 Å². The second-order valence-corrected chi connectivity index (χ2v) is 6.36. The topological polar surface area (TPSA) is 47.3 Å². The van der Waals surface area contributed by atoms with Crippen LogP contribution in [0.2, 0.25) is 0 Å². The molecule has 3 nitrogen and oxygen atoms in total. The molecule has 3 rings (SSSR count). The molecule has 0 fully saturated rings. The molecule has 0 aliphatic carbocycles. The van der Waals surface area contributed by atoms with Gasteiger partial charge in [0.2, 0.25) is 0 Å². The zero-order valence-electron chi connectivity index (χ0n) is 15.4. The van der Waals surface area contributed by atoms with Crippen LogP contribution in [0.4, 0.5) is 26.3 Å². The molecule has 9 heteroatoms. The summed E-state index contributed by atoms with van der Waals surface area (Å²) in [6.07, 6.45) is -9.28. The number of carbonyl (C=O) groups is 2. The number of hydrogen-bond donors (Lipinski definition) is 0. The lowest BCUT2D eigenvalue weighted by Gasteiger charge is -2.09. The van der Waals surface area contributed by atoms with Gasteiger partial charge in [0.05, 0.1) is 11.1 Å². The van der Waals surface area contributed by atoms with Gasteiger partial charge in [0.15, 0.2) is 5.78 Å². The summed E-state index contributed by atoms with van der Waals surface area (Å²) in [4.78, 5) is 24.3. The van der Waals surface area contributed by atoms with Crippen LogP contribution in [0, 0.1) is 0 Å². The van der Waals surface area contributed by atoms with E-state index in [4.69, 9.17) is 4.42 Å². The van der Waals surface area contributed by atoms with Crippen molar-refractivity contribution in [1.82, 2.24) is 0 Å². The molecule has 0 spiro atoms. The first-order valence-corrected chi connectivity index (χ1v) is 8.67. The van der Waals surface area contributed by atoms with Crippen molar-refractivity contribution >= 4 is 17.6 Å². The molecule has 0 N–H and O–H groups in total. The van der Waals surface area contributed by atoms with E-state index < -0.39 is 35.1 Å². The summed E-state index contributed by atoms with van der Waals surface area (Å²) in [5.74, 6) is -3.91. The Bertz CT molecular complexity index is 1140. The molecule has 0 aliphatic rings. The van der Waals surface area contributed by atoms with Gasteiger partial charge < -0.3 is 4.42 Å². The monoisotopic (exact) mass is 438 g/mol. The van der Waals surface area contributed by atoms with Crippen LogP contribution in [0.1, 0.15) is 21.7 Å². The van der Waals surface area contributed by atoms with E-state index in [9.17, 15) is 35.9 Å². The first-order chi connectivity index (χ1) is 14.5. The maximum atomic E-state index is 13.0. The van der Waals surface area contributed by atoms with Gasteiger partial charge >= 0.3 is 12.4 Å². The minimum absolute atomic E-state index is 0.0209. The van der Waals surface area contributed by atoms with E-state index >= 15 is 0 Å². The summed E-state index contributed by atoms with van der Waals surface area (Å²) in [6.45, 7) is 0. The number of benzene rings is 2. The second-order valence-electron chi connectivity index (χ2n) is 6.36. The normalized spacial score (nSPS) is 12.6. The van der Waals surface area contributed by atoms with Crippen LogP contribution in [0.5, 0.6) is 0 Å². The van der Waals surface area contributed by atoms with Crippen molar-refractivity contribution in [2.24, 2.45) is 0 Å². The lowest BCUT2D eigenvalue weighted by atomic mass is 9.99. The molecule has 0 saturated heterocycles. The predicted molar refractivity (Wildman–Crippen MR) is 99.0 cm³/mol. The second kappa shape index (κ2) is 8.25. The largest absolute Gasteiger partial charge is 0.457 e. The smallest absolute Gasteiger partial charge is 0.455 e. The van der Waals surface area contributed by atoms with Gasteiger partial charge in [-0.25, -0.2) is 0 Å². The SMILES string of the molecule is O=C(/C(=C\c1ccc(-c2cccc(C(F)(F)F)c2)o1)C(=O)C(F)(F)F)c1ccccc1. The highest BCUT2D eigenvalue weighted by molar-refractivity contribution is 6.30. The van der Waals surface area contributed by atoms with Crippen molar-refractivity contribution in [2.45, 2.75) is 12.4 Å². The molecule has 1 heterocycles. The molecule has 0 saturated carbocycles. The fraction of sp³-hybridized carbons (Fsp3) is 0.0909. The predicted octanol–water partition coefficient (Wildman–Crippen LogP) is 6.36. The third kappa shape index (κ3) is 5.11. The van der Waals surface area contributed by atoms with E-state index in [2.05, 4.69) is 0 Å². The van der Waals surface area contributed by atoms with Gasteiger partial charge in [0, 0.05) is 11.1 Å². The van der Waals surface area contributed by atoms with Crippen LogP contribution in [0.15, 0.2) is 76.7 Å². The van der Waals surface area contributed by atoms with Gasteiger partial charge in [-0.1, -0.05) is 42.5 Å². The maximum Gasteiger partial charge on any atom is 0.455 e. The van der Waals surface area contributed by atoms with Crippen LogP contribution < -0.4 is 0 Å². The van der Waals surface area contributed by atoms with E-state index in [0.717, 1.165) is 24.3 Å². The zero-order chi connectivity index (χ0) is 22.8. The number of hydrogen-bond acceptors (Lipinski definition) is 3. The highest BCUT2D eigenvalue weighted by Gasteiger charge is 2.43. The molecule has 1 aromatic heterocycles. The standard InChI is InChI=1S/C22H12F6O3/c23-21(24,25)15-8-4-7-14(11-15)18-10-9-16(31-18)12-17(20(30)22(26,27)28)19(29)13-5-2-1-3-6-13/h1-12H/b17-12+. The molecular formula is C22H12F6O3. The summed E-state index contributed by atoms with van der Waals surface area (Å²) < 4.78 is 83.0. The molecule has 31 heavy (non-hydrogen) atoms. The van der Waals surface area contributed by atoms with Gasteiger partial charge in [-0.15, -0.1) is 0 Å². The van der Waals surface area contributed by atoms with E-state index in [1.807, 2.05) is 0 Å². The molecule has 160 valence electrons. The average molecular weight is 438 g/mol. The highest BCUT2D eigenvalue weighted by Crippen LogP contribution is 2.33. The maximum absolute atomic E-state index is 13.0. The Balaban J connectivity index is 2.02. The van der Waals surface area contributed by atoms with Gasteiger partial charge in [-0.05, 0) is 30.3 Å². The van der Waals surface area contributed by atoms with Crippen molar-refractivity contribution in [3.8, 4) is 11.3 Å². The number of alkyl halides is 6. The van der Waals surface area contributed by atoms with Crippen LogP contribution in [-0.2, 0) is 11.0 Å². The Hall–Kier alpha value is -3.62.